The monoisotopic (exact) mass is 587 g/mol. The second kappa shape index (κ2) is 11.8. The molecule has 3 aromatic rings. The summed E-state index contributed by atoms with van der Waals surface area (Å²) in [7, 11) is 1.33. The summed E-state index contributed by atoms with van der Waals surface area (Å²) in [6, 6.07) is 19.6. The van der Waals surface area contributed by atoms with E-state index in [-0.39, 0.29) is 34.3 Å². The van der Waals surface area contributed by atoms with E-state index >= 15 is 0 Å². The Morgan fingerprint density at radius 1 is 1.20 bits per heavy atom. The van der Waals surface area contributed by atoms with Gasteiger partial charge in [0.15, 0.2) is 10.1 Å². The van der Waals surface area contributed by atoms with Gasteiger partial charge < -0.3 is 15.2 Å². The van der Waals surface area contributed by atoms with Gasteiger partial charge in [-0.05, 0) is 35.1 Å². The molecule has 41 heavy (non-hydrogen) atoms. The van der Waals surface area contributed by atoms with E-state index in [0.29, 0.717) is 45.9 Å². The molecule has 0 saturated heterocycles. The molecule has 0 radical (unpaired) electrons. The molecular weight excluding hydrogens is 558 g/mol. The van der Waals surface area contributed by atoms with Gasteiger partial charge in [-0.25, -0.2) is 0 Å². The van der Waals surface area contributed by atoms with Crippen LogP contribution in [0.15, 0.2) is 81.6 Å². The van der Waals surface area contributed by atoms with Gasteiger partial charge in [0.25, 0.3) is 0 Å². The summed E-state index contributed by atoms with van der Waals surface area (Å²) in [6.07, 6.45) is 0.897. The number of carbonyl (C=O) groups excluding carboxylic acids is 2. The zero-order chi connectivity index (χ0) is 29.1. The molecule has 0 amide bonds. The molecule has 1 aromatic heterocycles. The third kappa shape index (κ3) is 5.99. The number of aromatic nitrogens is 2. The van der Waals surface area contributed by atoms with Gasteiger partial charge in [0.05, 0.1) is 30.4 Å². The Hall–Kier alpha value is -4.14. The van der Waals surface area contributed by atoms with Crippen LogP contribution >= 0.6 is 23.1 Å². The number of ketones is 1. The van der Waals surface area contributed by atoms with E-state index < -0.39 is 5.92 Å². The van der Waals surface area contributed by atoms with E-state index in [1.165, 1.54) is 30.2 Å². The lowest BCUT2D eigenvalue weighted by Crippen LogP contribution is -2.42. The van der Waals surface area contributed by atoms with Crippen LogP contribution < -0.4 is 15.4 Å². The number of benzene rings is 2. The molecule has 210 valence electrons. The summed E-state index contributed by atoms with van der Waals surface area (Å²) < 4.78 is 11.3. The van der Waals surface area contributed by atoms with Crippen molar-refractivity contribution >= 4 is 40.0 Å². The smallest absolute Gasteiger partial charge is 0.316 e. The van der Waals surface area contributed by atoms with E-state index in [2.05, 4.69) is 16.3 Å². The largest absolute Gasteiger partial charge is 0.489 e. The minimum Gasteiger partial charge on any atom is -0.489 e. The van der Waals surface area contributed by atoms with Crippen LogP contribution in [0.1, 0.15) is 43.7 Å². The fourth-order valence-electron chi connectivity index (χ4n) is 5.12. The highest BCUT2D eigenvalue weighted by atomic mass is 32.2. The Bertz CT molecular complexity index is 1590. The first-order valence-corrected chi connectivity index (χ1v) is 14.8. The maximum Gasteiger partial charge on any atom is 0.316 e. The van der Waals surface area contributed by atoms with Gasteiger partial charge in [-0.3, -0.25) is 14.5 Å². The number of nitrogens with two attached hydrogens (primary N) is 1. The molecule has 0 spiro atoms. The first kappa shape index (κ1) is 28.4. The number of thioether (sulfide) groups is 1. The molecule has 9 nitrogen and oxygen atoms in total. The van der Waals surface area contributed by atoms with Crippen molar-refractivity contribution in [3.63, 3.8) is 0 Å². The molecule has 2 N–H and O–H groups in total. The molecule has 2 aliphatic rings. The number of nitrogens with zero attached hydrogens (tertiary/aromatic N) is 4. The van der Waals surface area contributed by atoms with Crippen molar-refractivity contribution in [2.45, 2.75) is 43.6 Å². The number of rotatable bonds is 8. The molecular formula is C30H29N5O4S2. The molecule has 2 heterocycles. The molecule has 1 aliphatic carbocycles. The van der Waals surface area contributed by atoms with Gasteiger partial charge in [0, 0.05) is 17.7 Å². The van der Waals surface area contributed by atoms with Crippen molar-refractivity contribution in [3.05, 3.63) is 88.4 Å². The fourth-order valence-corrected chi connectivity index (χ4v) is 6.83. The van der Waals surface area contributed by atoms with Crippen LogP contribution in [0.25, 0.3) is 0 Å². The van der Waals surface area contributed by atoms with Gasteiger partial charge >= 0.3 is 5.97 Å². The van der Waals surface area contributed by atoms with Crippen LogP contribution in [0.4, 0.5) is 5.13 Å². The van der Waals surface area contributed by atoms with Gasteiger partial charge in [0.1, 0.15) is 18.2 Å². The lowest BCUT2D eigenvalue weighted by atomic mass is 9.68. The van der Waals surface area contributed by atoms with Crippen molar-refractivity contribution in [2.24, 2.45) is 11.1 Å². The molecule has 5 rings (SSSR count). The SMILES string of the molecule is COC(=O)CSc1nnc(N2C(N)=C(C#N)C(c3cccc(OCc4ccccc4)c3)C3=C2CC(C)(C)CC3=O)s1. The number of allylic oxidation sites excluding steroid dienone is 3. The van der Waals surface area contributed by atoms with Crippen LogP contribution in [-0.4, -0.2) is 34.8 Å². The summed E-state index contributed by atoms with van der Waals surface area (Å²) in [5, 5.41) is 19.3. The second-order valence-electron chi connectivity index (χ2n) is 10.5. The molecule has 0 bridgehead atoms. The highest BCUT2D eigenvalue weighted by Gasteiger charge is 2.45. The Kier molecular flexibility index (Phi) is 8.15. The molecule has 0 saturated carbocycles. The molecule has 1 unspecified atom stereocenters. The summed E-state index contributed by atoms with van der Waals surface area (Å²) in [5.74, 6) is -0.129. The van der Waals surface area contributed by atoms with Gasteiger partial charge in [-0.2, -0.15) is 5.26 Å². The number of Topliss-reactive ketones (excluding diaryl/α,β-unsaturated/α-hetero) is 1. The average Bonchev–Trinajstić information content (AvgIpc) is 3.42. The molecule has 1 aliphatic heterocycles. The summed E-state index contributed by atoms with van der Waals surface area (Å²) in [6.45, 7) is 4.47. The van der Waals surface area contributed by atoms with Gasteiger partial charge in [-0.15, -0.1) is 10.2 Å². The lowest BCUT2D eigenvalue weighted by Gasteiger charge is -2.42. The Morgan fingerprint density at radius 3 is 2.71 bits per heavy atom. The number of methoxy groups -OCH3 is 1. The third-order valence-corrected chi connectivity index (χ3v) is 8.96. The quantitative estimate of drug-likeness (QED) is 0.273. The maximum atomic E-state index is 13.8. The predicted molar refractivity (Wildman–Crippen MR) is 157 cm³/mol. The summed E-state index contributed by atoms with van der Waals surface area (Å²) in [4.78, 5) is 27.1. The second-order valence-corrected chi connectivity index (χ2v) is 12.7. The van der Waals surface area contributed by atoms with Crippen molar-refractivity contribution in [2.75, 3.05) is 17.8 Å². The number of nitriles is 1. The van der Waals surface area contributed by atoms with E-state index in [1.807, 2.05) is 68.4 Å². The zero-order valence-corrected chi connectivity index (χ0v) is 24.6. The number of carbonyl (C=O) groups is 2. The minimum absolute atomic E-state index is 0.0353. The van der Waals surface area contributed by atoms with E-state index in [9.17, 15) is 14.9 Å². The summed E-state index contributed by atoms with van der Waals surface area (Å²) in [5.41, 5.74) is 9.69. The van der Waals surface area contributed by atoms with Crippen LogP contribution in [0.5, 0.6) is 5.75 Å². The highest BCUT2D eigenvalue weighted by molar-refractivity contribution is 8.01. The highest BCUT2D eigenvalue weighted by Crippen LogP contribution is 2.51. The maximum absolute atomic E-state index is 13.8. The Labute approximate surface area is 246 Å². The number of ether oxygens (including phenoxy) is 2. The minimum atomic E-state index is -0.642. The lowest BCUT2D eigenvalue weighted by molar-refractivity contribution is -0.137. The van der Waals surface area contributed by atoms with Crippen molar-refractivity contribution in [3.8, 4) is 11.8 Å². The first-order chi connectivity index (χ1) is 19.7. The standard InChI is InChI=1S/C30H29N5O4S2/c1-30(2)13-22-26(23(36)14-30)25(19-10-7-11-20(12-19)39-16-18-8-5-4-6-9-18)21(15-31)27(32)35(22)28-33-34-29(41-28)40-17-24(37)38-3/h4-12,25H,13-14,16-17,32H2,1-3H3. The number of esters is 1. The fraction of sp³-hybridized carbons (Fsp3) is 0.300. The van der Waals surface area contributed by atoms with Crippen molar-refractivity contribution < 1.29 is 19.1 Å². The van der Waals surface area contributed by atoms with E-state index in [4.69, 9.17) is 15.2 Å². The van der Waals surface area contributed by atoms with Crippen molar-refractivity contribution in [1.82, 2.24) is 10.2 Å². The molecule has 2 aromatic carbocycles. The number of hydrogen-bond acceptors (Lipinski definition) is 11. The molecule has 1 atom stereocenters. The van der Waals surface area contributed by atoms with Gasteiger partial charge in [0.2, 0.25) is 5.13 Å². The van der Waals surface area contributed by atoms with E-state index in [1.54, 1.807) is 4.90 Å². The van der Waals surface area contributed by atoms with Crippen LogP contribution in [0.2, 0.25) is 0 Å². The average molecular weight is 588 g/mol. The first-order valence-electron chi connectivity index (χ1n) is 13.0. The molecule has 11 heteroatoms. The normalized spacial score (nSPS) is 18.1. The topological polar surface area (TPSA) is 131 Å². The molecule has 0 fully saturated rings. The third-order valence-electron chi connectivity index (χ3n) is 6.95. The van der Waals surface area contributed by atoms with Crippen LogP contribution in [0, 0.1) is 16.7 Å². The van der Waals surface area contributed by atoms with Crippen molar-refractivity contribution in [1.29, 1.82) is 5.26 Å². The zero-order valence-electron chi connectivity index (χ0n) is 22.9. The Morgan fingerprint density at radius 2 is 1.98 bits per heavy atom. The van der Waals surface area contributed by atoms with E-state index in [0.717, 1.165) is 11.1 Å². The number of anilines is 1. The van der Waals surface area contributed by atoms with Crippen LogP contribution in [0.3, 0.4) is 0 Å². The predicted octanol–water partition coefficient (Wildman–Crippen LogP) is 5.32. The summed E-state index contributed by atoms with van der Waals surface area (Å²) >= 11 is 2.44. The number of hydrogen-bond donors (Lipinski definition) is 1. The van der Waals surface area contributed by atoms with Gasteiger partial charge in [-0.1, -0.05) is 79.4 Å². The Balaban J connectivity index is 1.55. The van der Waals surface area contributed by atoms with Crippen LogP contribution in [-0.2, 0) is 20.9 Å².